The zero-order valence-corrected chi connectivity index (χ0v) is 15.9. The summed E-state index contributed by atoms with van der Waals surface area (Å²) < 4.78 is 1.23. The Kier molecular flexibility index (Phi) is 5.65. The number of aromatic nitrogens is 2. The molecule has 0 radical (unpaired) electrons. The van der Waals surface area contributed by atoms with Gasteiger partial charge < -0.3 is 10.6 Å². The third-order valence-electron chi connectivity index (χ3n) is 4.38. The minimum atomic E-state index is -0.709. The van der Waals surface area contributed by atoms with Gasteiger partial charge >= 0.3 is 5.69 Å². The molecule has 3 rings (SSSR count). The van der Waals surface area contributed by atoms with Gasteiger partial charge in [-0.05, 0) is 23.3 Å². The summed E-state index contributed by atoms with van der Waals surface area (Å²) in [6, 6.07) is 16.1. The molecular formula is C20H19ClN4O3. The molecular weight excluding hydrogens is 380 g/mol. The smallest absolute Gasteiger partial charge is 0.330 e. The van der Waals surface area contributed by atoms with E-state index in [0.717, 1.165) is 11.1 Å². The number of nitrogens with one attached hydrogen (secondary N) is 1. The lowest BCUT2D eigenvalue weighted by Crippen LogP contribution is -2.39. The lowest BCUT2D eigenvalue weighted by Gasteiger charge is -2.20. The van der Waals surface area contributed by atoms with Crippen molar-refractivity contribution in [1.82, 2.24) is 9.55 Å². The first kappa shape index (κ1) is 19.4. The van der Waals surface area contributed by atoms with E-state index >= 15 is 0 Å². The molecule has 3 aromatic rings. The lowest BCUT2D eigenvalue weighted by atomic mass is 10.1. The number of H-pyrrole nitrogens is 1. The minimum Gasteiger partial charge on any atom is -0.383 e. The molecule has 1 aromatic heterocycles. The molecule has 8 heteroatoms. The molecule has 7 nitrogen and oxygen atoms in total. The number of carbonyl (C=O) groups is 1. The van der Waals surface area contributed by atoms with Crippen LogP contribution in [0.25, 0.3) is 0 Å². The maximum absolute atomic E-state index is 12.7. The van der Waals surface area contributed by atoms with Gasteiger partial charge in [-0.25, -0.2) is 4.79 Å². The number of nitrogen functional groups attached to an aromatic ring is 1. The second-order valence-electron chi connectivity index (χ2n) is 6.32. The summed E-state index contributed by atoms with van der Waals surface area (Å²) in [7, 11) is 1.45. The quantitative estimate of drug-likeness (QED) is 0.686. The highest BCUT2D eigenvalue weighted by atomic mass is 35.5. The normalized spacial score (nSPS) is 10.6. The van der Waals surface area contributed by atoms with Crippen LogP contribution in [-0.2, 0) is 17.8 Å². The molecule has 0 aliphatic rings. The first-order chi connectivity index (χ1) is 13.4. The highest BCUT2D eigenvalue weighted by molar-refractivity contribution is 6.30. The highest BCUT2D eigenvalue weighted by Gasteiger charge is 2.21. The van der Waals surface area contributed by atoms with Crippen LogP contribution in [0.4, 0.5) is 11.5 Å². The second kappa shape index (κ2) is 8.14. The molecule has 1 heterocycles. The number of hydrogen-bond acceptors (Lipinski definition) is 4. The first-order valence-electron chi connectivity index (χ1n) is 8.54. The standard InChI is InChI=1S/C20H19ClN4O3/c1-24(16(26)11-13-7-9-15(21)10-8-13)17-18(22)25(20(28)23-19(17)27)12-14-5-3-2-4-6-14/h2-10H,11-12,22H2,1H3,(H,23,27,28). The van der Waals surface area contributed by atoms with Gasteiger partial charge in [0.2, 0.25) is 5.91 Å². The Hall–Kier alpha value is -3.32. The van der Waals surface area contributed by atoms with Gasteiger partial charge in [0, 0.05) is 12.1 Å². The maximum atomic E-state index is 12.7. The number of aromatic amines is 1. The van der Waals surface area contributed by atoms with E-state index in [9.17, 15) is 14.4 Å². The van der Waals surface area contributed by atoms with E-state index in [0.29, 0.717) is 5.02 Å². The molecule has 0 unspecified atom stereocenters. The predicted octanol–water partition coefficient (Wildman–Crippen LogP) is 2.03. The third-order valence-corrected chi connectivity index (χ3v) is 4.63. The largest absolute Gasteiger partial charge is 0.383 e. The Morgan fingerprint density at radius 2 is 1.71 bits per heavy atom. The predicted molar refractivity (Wildman–Crippen MR) is 110 cm³/mol. The topological polar surface area (TPSA) is 101 Å². The van der Waals surface area contributed by atoms with E-state index in [2.05, 4.69) is 4.98 Å². The summed E-state index contributed by atoms with van der Waals surface area (Å²) >= 11 is 5.86. The number of hydrogen-bond donors (Lipinski definition) is 2. The Labute approximate surface area is 166 Å². The van der Waals surface area contributed by atoms with Crippen molar-refractivity contribution in [2.45, 2.75) is 13.0 Å². The zero-order chi connectivity index (χ0) is 20.3. The van der Waals surface area contributed by atoms with Gasteiger partial charge in [0.15, 0.2) is 5.69 Å². The van der Waals surface area contributed by atoms with Crippen molar-refractivity contribution >= 4 is 29.0 Å². The van der Waals surface area contributed by atoms with Crippen LogP contribution in [0.2, 0.25) is 5.02 Å². The zero-order valence-electron chi connectivity index (χ0n) is 15.2. The molecule has 0 atom stereocenters. The Bertz CT molecular complexity index is 1110. The number of anilines is 2. The van der Waals surface area contributed by atoms with E-state index in [1.807, 2.05) is 30.3 Å². The number of carbonyl (C=O) groups excluding carboxylic acids is 1. The van der Waals surface area contributed by atoms with E-state index in [1.54, 1.807) is 24.3 Å². The minimum absolute atomic E-state index is 0.0599. The van der Waals surface area contributed by atoms with Crippen LogP contribution >= 0.6 is 11.6 Å². The molecule has 144 valence electrons. The fourth-order valence-corrected chi connectivity index (χ4v) is 2.97. The van der Waals surface area contributed by atoms with Crippen molar-refractivity contribution in [1.29, 1.82) is 0 Å². The molecule has 3 N–H and O–H groups in total. The average Bonchev–Trinajstić information content (AvgIpc) is 2.67. The number of nitrogens with zero attached hydrogens (tertiary/aromatic N) is 2. The van der Waals surface area contributed by atoms with Crippen molar-refractivity contribution in [3.8, 4) is 0 Å². The SMILES string of the molecule is CN(C(=O)Cc1ccc(Cl)cc1)c1c(N)n(Cc2ccccc2)c(=O)[nH]c1=O. The van der Waals surface area contributed by atoms with Crippen LogP contribution in [0, 0.1) is 0 Å². The van der Waals surface area contributed by atoms with Crippen LogP contribution in [0.5, 0.6) is 0 Å². The Balaban J connectivity index is 1.93. The van der Waals surface area contributed by atoms with Gasteiger partial charge in [-0.3, -0.25) is 19.1 Å². The van der Waals surface area contributed by atoms with E-state index in [1.165, 1.54) is 16.5 Å². The molecule has 1 amide bonds. The fraction of sp³-hybridized carbons (Fsp3) is 0.150. The van der Waals surface area contributed by atoms with Crippen molar-refractivity contribution < 1.29 is 4.79 Å². The van der Waals surface area contributed by atoms with Gasteiger partial charge in [0.25, 0.3) is 5.56 Å². The van der Waals surface area contributed by atoms with Crippen LogP contribution in [-0.4, -0.2) is 22.5 Å². The van der Waals surface area contributed by atoms with Crippen LogP contribution in [0.3, 0.4) is 0 Å². The number of nitrogens with two attached hydrogens (primary N) is 1. The molecule has 0 saturated carbocycles. The average molecular weight is 399 g/mol. The maximum Gasteiger partial charge on any atom is 0.330 e. The monoisotopic (exact) mass is 398 g/mol. The summed E-state index contributed by atoms with van der Waals surface area (Å²) in [5.41, 5.74) is 6.30. The molecule has 2 aromatic carbocycles. The van der Waals surface area contributed by atoms with Gasteiger partial charge in [-0.1, -0.05) is 54.1 Å². The van der Waals surface area contributed by atoms with E-state index in [-0.39, 0.29) is 30.4 Å². The third kappa shape index (κ3) is 4.15. The van der Waals surface area contributed by atoms with Crippen molar-refractivity contribution in [2.75, 3.05) is 17.7 Å². The fourth-order valence-electron chi connectivity index (χ4n) is 2.84. The summed E-state index contributed by atoms with van der Waals surface area (Å²) in [6.45, 7) is 0.175. The number of halogens is 1. The van der Waals surface area contributed by atoms with E-state index in [4.69, 9.17) is 17.3 Å². The number of benzene rings is 2. The highest BCUT2D eigenvalue weighted by Crippen LogP contribution is 2.18. The van der Waals surface area contributed by atoms with Gasteiger partial charge in [0.05, 0.1) is 13.0 Å². The number of likely N-dealkylation sites (N-methyl/N-ethyl adjacent to an activating group) is 1. The van der Waals surface area contributed by atoms with Crippen molar-refractivity contribution in [3.05, 3.63) is 91.6 Å². The molecule has 0 aliphatic carbocycles. The van der Waals surface area contributed by atoms with Gasteiger partial charge in [0.1, 0.15) is 5.82 Å². The van der Waals surface area contributed by atoms with Crippen molar-refractivity contribution in [3.63, 3.8) is 0 Å². The van der Waals surface area contributed by atoms with Gasteiger partial charge in [-0.2, -0.15) is 0 Å². The summed E-state index contributed by atoms with van der Waals surface area (Å²) in [5, 5.41) is 0.568. The Morgan fingerprint density at radius 1 is 1.07 bits per heavy atom. The molecule has 0 spiro atoms. The van der Waals surface area contributed by atoms with Crippen LogP contribution in [0.15, 0.2) is 64.2 Å². The first-order valence-corrected chi connectivity index (χ1v) is 8.92. The van der Waals surface area contributed by atoms with E-state index < -0.39 is 11.2 Å². The second-order valence-corrected chi connectivity index (χ2v) is 6.76. The number of amides is 1. The van der Waals surface area contributed by atoms with Crippen molar-refractivity contribution in [2.24, 2.45) is 0 Å². The molecule has 0 bridgehead atoms. The Morgan fingerprint density at radius 3 is 2.36 bits per heavy atom. The molecule has 0 aliphatic heterocycles. The summed E-state index contributed by atoms with van der Waals surface area (Å²) in [4.78, 5) is 40.7. The van der Waals surface area contributed by atoms with Crippen LogP contribution in [0.1, 0.15) is 11.1 Å². The summed E-state index contributed by atoms with van der Waals surface area (Å²) in [6.07, 6.45) is 0.0599. The molecule has 28 heavy (non-hydrogen) atoms. The van der Waals surface area contributed by atoms with Gasteiger partial charge in [-0.15, -0.1) is 0 Å². The van der Waals surface area contributed by atoms with Crippen LogP contribution < -0.4 is 21.9 Å². The molecule has 0 saturated heterocycles. The molecule has 0 fully saturated rings. The lowest BCUT2D eigenvalue weighted by molar-refractivity contribution is -0.117. The summed E-state index contributed by atoms with van der Waals surface area (Å²) in [5.74, 6) is -0.408. The number of rotatable bonds is 5.